The zero-order valence-corrected chi connectivity index (χ0v) is 15.9. The van der Waals surface area contributed by atoms with E-state index in [0.717, 1.165) is 22.9 Å². The second-order valence-electron chi connectivity index (χ2n) is 6.34. The van der Waals surface area contributed by atoms with Gasteiger partial charge in [-0.1, -0.05) is 18.2 Å². The smallest absolute Gasteiger partial charge is 0.254 e. The Morgan fingerprint density at radius 2 is 2.04 bits per heavy atom. The van der Waals surface area contributed by atoms with Crippen LogP contribution in [0.25, 0.3) is 11.5 Å². The Kier molecular flexibility index (Phi) is 4.73. The van der Waals surface area contributed by atoms with E-state index in [4.69, 9.17) is 9.68 Å². The van der Waals surface area contributed by atoms with Crippen molar-refractivity contribution in [2.75, 3.05) is 0 Å². The Balaban J connectivity index is 1.57. The molecule has 1 aliphatic rings. The van der Waals surface area contributed by atoms with Crippen LogP contribution in [0.5, 0.6) is 0 Å². The molecular weight excluding hydrogens is 408 g/mol. The van der Waals surface area contributed by atoms with Crippen molar-refractivity contribution in [3.8, 4) is 17.5 Å². The number of carbonyl (C=O) groups excluding carboxylic acids is 1. The highest BCUT2D eigenvalue weighted by Crippen LogP contribution is 2.31. The van der Waals surface area contributed by atoms with Crippen LogP contribution < -0.4 is 0 Å². The molecule has 0 saturated heterocycles. The average molecular weight is 423 g/mol. The fourth-order valence-corrected chi connectivity index (χ4v) is 3.30. The van der Waals surface area contributed by atoms with Crippen molar-refractivity contribution < 1.29 is 9.21 Å². The van der Waals surface area contributed by atoms with E-state index in [-0.39, 0.29) is 18.5 Å². The fraction of sp³-hybridized carbons (Fsp3) is 0.200. The summed E-state index contributed by atoms with van der Waals surface area (Å²) >= 11 is 3.48. The molecule has 7 heteroatoms. The highest BCUT2D eigenvalue weighted by atomic mass is 79.9. The maximum Gasteiger partial charge on any atom is 0.254 e. The Hall–Kier alpha value is -2.98. The Bertz CT molecular complexity index is 1040. The molecule has 1 saturated carbocycles. The quantitative estimate of drug-likeness (QED) is 0.615. The van der Waals surface area contributed by atoms with Crippen molar-refractivity contribution in [1.29, 1.82) is 5.26 Å². The lowest BCUT2D eigenvalue weighted by molar-refractivity contribution is 0.0714. The fourth-order valence-electron chi connectivity index (χ4n) is 2.85. The number of carbonyl (C=O) groups is 1. The molecule has 1 heterocycles. The van der Waals surface area contributed by atoms with Crippen molar-refractivity contribution >= 4 is 21.8 Å². The van der Waals surface area contributed by atoms with Gasteiger partial charge in [0.05, 0.1) is 23.7 Å². The number of hydrogen-bond acceptors (Lipinski definition) is 5. The Labute approximate surface area is 164 Å². The number of benzene rings is 2. The molecule has 4 rings (SSSR count). The van der Waals surface area contributed by atoms with Crippen LogP contribution in [0.4, 0.5) is 0 Å². The molecule has 27 heavy (non-hydrogen) atoms. The van der Waals surface area contributed by atoms with Crippen LogP contribution in [0.2, 0.25) is 0 Å². The lowest BCUT2D eigenvalue weighted by atomic mass is 10.1. The summed E-state index contributed by atoms with van der Waals surface area (Å²) in [5.41, 5.74) is 1.76. The summed E-state index contributed by atoms with van der Waals surface area (Å²) < 4.78 is 6.66. The van der Waals surface area contributed by atoms with Crippen LogP contribution in [0.3, 0.4) is 0 Å². The minimum atomic E-state index is -0.129. The van der Waals surface area contributed by atoms with Gasteiger partial charge in [-0.3, -0.25) is 4.79 Å². The van der Waals surface area contributed by atoms with Crippen LogP contribution in [-0.2, 0) is 6.54 Å². The van der Waals surface area contributed by atoms with Crippen molar-refractivity contribution in [1.82, 2.24) is 15.1 Å². The predicted molar refractivity (Wildman–Crippen MR) is 101 cm³/mol. The standard InChI is InChI=1S/C20H15BrN4O2/c21-17-7-2-1-6-16(17)19-24-23-18(27-19)12-25(15-8-9-15)20(26)14-5-3-4-13(10-14)11-22/h1-7,10,15H,8-9,12H2. The number of amides is 1. The molecule has 2 aromatic carbocycles. The van der Waals surface area contributed by atoms with Crippen LogP contribution in [-0.4, -0.2) is 27.0 Å². The first-order valence-corrected chi connectivity index (χ1v) is 9.33. The molecule has 0 unspecified atom stereocenters. The van der Waals surface area contributed by atoms with E-state index in [1.807, 2.05) is 24.3 Å². The van der Waals surface area contributed by atoms with Gasteiger partial charge in [0.25, 0.3) is 5.91 Å². The maximum absolute atomic E-state index is 12.9. The van der Waals surface area contributed by atoms with Gasteiger partial charge in [0, 0.05) is 16.1 Å². The zero-order chi connectivity index (χ0) is 18.8. The molecule has 0 radical (unpaired) electrons. The summed E-state index contributed by atoms with van der Waals surface area (Å²) in [6, 6.07) is 16.6. The summed E-state index contributed by atoms with van der Waals surface area (Å²) in [4.78, 5) is 14.7. The van der Waals surface area contributed by atoms with Crippen molar-refractivity contribution in [3.05, 3.63) is 70.0 Å². The third kappa shape index (κ3) is 3.76. The van der Waals surface area contributed by atoms with Gasteiger partial charge in [0.15, 0.2) is 0 Å². The normalized spacial score (nSPS) is 13.2. The lowest BCUT2D eigenvalue weighted by Crippen LogP contribution is -2.32. The largest absolute Gasteiger partial charge is 0.419 e. The molecule has 6 nitrogen and oxygen atoms in total. The number of halogens is 1. The highest BCUT2D eigenvalue weighted by molar-refractivity contribution is 9.10. The third-order valence-electron chi connectivity index (χ3n) is 4.36. The Morgan fingerprint density at radius 3 is 2.78 bits per heavy atom. The van der Waals surface area contributed by atoms with E-state index >= 15 is 0 Å². The number of aromatic nitrogens is 2. The lowest BCUT2D eigenvalue weighted by Gasteiger charge is -2.20. The van der Waals surface area contributed by atoms with Gasteiger partial charge < -0.3 is 9.32 Å². The van der Waals surface area contributed by atoms with Gasteiger partial charge in [-0.05, 0) is 59.1 Å². The van der Waals surface area contributed by atoms with Crippen molar-refractivity contribution in [3.63, 3.8) is 0 Å². The number of rotatable bonds is 5. The molecule has 1 aromatic heterocycles. The average Bonchev–Trinajstić information content (AvgIpc) is 3.44. The van der Waals surface area contributed by atoms with Crippen molar-refractivity contribution in [2.24, 2.45) is 0 Å². The first-order valence-electron chi connectivity index (χ1n) is 8.54. The molecule has 1 aliphatic carbocycles. The number of hydrogen-bond donors (Lipinski definition) is 0. The highest BCUT2D eigenvalue weighted by Gasteiger charge is 2.34. The minimum Gasteiger partial charge on any atom is -0.419 e. The van der Waals surface area contributed by atoms with Crippen LogP contribution in [0.1, 0.15) is 34.7 Å². The predicted octanol–water partition coefficient (Wildman–Crippen LogP) is 4.18. The van der Waals surface area contributed by atoms with E-state index in [9.17, 15) is 4.79 Å². The van der Waals surface area contributed by atoms with Gasteiger partial charge in [-0.25, -0.2) is 0 Å². The van der Waals surface area contributed by atoms with E-state index < -0.39 is 0 Å². The second kappa shape index (κ2) is 7.33. The van der Waals surface area contributed by atoms with Crippen LogP contribution in [0.15, 0.2) is 57.4 Å². The second-order valence-corrected chi connectivity index (χ2v) is 7.19. The summed E-state index contributed by atoms with van der Waals surface area (Å²) in [6.07, 6.45) is 1.91. The summed E-state index contributed by atoms with van der Waals surface area (Å²) in [7, 11) is 0. The van der Waals surface area contributed by atoms with Gasteiger partial charge in [-0.15, -0.1) is 10.2 Å². The molecule has 0 bridgehead atoms. The molecule has 0 aliphatic heterocycles. The van der Waals surface area contributed by atoms with Crippen LogP contribution >= 0.6 is 15.9 Å². The van der Waals surface area contributed by atoms with E-state index in [1.165, 1.54) is 0 Å². The monoisotopic (exact) mass is 422 g/mol. The van der Waals surface area contributed by atoms with Crippen molar-refractivity contribution in [2.45, 2.75) is 25.4 Å². The molecule has 0 N–H and O–H groups in total. The first kappa shape index (κ1) is 17.4. The minimum absolute atomic E-state index is 0.129. The third-order valence-corrected chi connectivity index (χ3v) is 5.06. The Morgan fingerprint density at radius 1 is 1.22 bits per heavy atom. The SMILES string of the molecule is N#Cc1cccc(C(=O)N(Cc2nnc(-c3ccccc3Br)o2)C2CC2)c1. The molecule has 0 spiro atoms. The van der Waals surface area contributed by atoms with Gasteiger partial charge >= 0.3 is 0 Å². The first-order chi connectivity index (χ1) is 13.2. The summed E-state index contributed by atoms with van der Waals surface area (Å²) in [6.45, 7) is 0.248. The van der Waals surface area contributed by atoms with E-state index in [2.05, 4.69) is 32.2 Å². The molecule has 3 aromatic rings. The molecular formula is C20H15BrN4O2. The van der Waals surface area contributed by atoms with E-state index in [0.29, 0.717) is 22.9 Å². The topological polar surface area (TPSA) is 83.0 Å². The van der Waals surface area contributed by atoms with Gasteiger partial charge in [0.1, 0.15) is 0 Å². The molecule has 1 amide bonds. The molecule has 1 fully saturated rings. The number of nitrogens with zero attached hydrogens (tertiary/aromatic N) is 4. The zero-order valence-electron chi connectivity index (χ0n) is 14.3. The number of nitriles is 1. The molecule has 134 valence electrons. The van der Waals surface area contributed by atoms with E-state index in [1.54, 1.807) is 29.2 Å². The van der Waals surface area contributed by atoms with Gasteiger partial charge in [0.2, 0.25) is 11.8 Å². The van der Waals surface area contributed by atoms with Crippen LogP contribution in [0, 0.1) is 11.3 Å². The molecule has 0 atom stereocenters. The summed E-state index contributed by atoms with van der Waals surface area (Å²) in [5.74, 6) is 0.667. The summed E-state index contributed by atoms with van der Waals surface area (Å²) in [5, 5.41) is 17.3. The maximum atomic E-state index is 12.9. The van der Waals surface area contributed by atoms with Gasteiger partial charge in [-0.2, -0.15) is 5.26 Å².